The lowest BCUT2D eigenvalue weighted by molar-refractivity contribution is -0.147. The van der Waals surface area contributed by atoms with Crippen LogP contribution in [0.4, 0.5) is 5.69 Å². The molecule has 23 heavy (non-hydrogen) atoms. The van der Waals surface area contributed by atoms with Crippen molar-refractivity contribution in [2.45, 2.75) is 39.7 Å². The molecule has 6 heteroatoms. The summed E-state index contributed by atoms with van der Waals surface area (Å²) in [6, 6.07) is 5.30. The summed E-state index contributed by atoms with van der Waals surface area (Å²) in [5.41, 5.74) is 2.40. The molecule has 0 fully saturated rings. The van der Waals surface area contributed by atoms with Gasteiger partial charge in [0.15, 0.2) is 0 Å². The van der Waals surface area contributed by atoms with Crippen LogP contribution in [-0.2, 0) is 20.7 Å². The average Bonchev–Trinajstić information content (AvgIpc) is 2.89. The minimum absolute atomic E-state index is 0.00427. The molecular formula is C17H22N2O4. The lowest BCUT2D eigenvalue weighted by Crippen LogP contribution is -2.27. The lowest BCUT2D eigenvalue weighted by Gasteiger charge is -2.14. The van der Waals surface area contributed by atoms with Crippen LogP contribution in [0.2, 0.25) is 0 Å². The summed E-state index contributed by atoms with van der Waals surface area (Å²) in [6.07, 6.45) is 0.739. The van der Waals surface area contributed by atoms with Gasteiger partial charge in [-0.2, -0.15) is 0 Å². The Morgan fingerprint density at radius 2 is 2.04 bits per heavy atom. The van der Waals surface area contributed by atoms with Crippen molar-refractivity contribution in [1.29, 1.82) is 0 Å². The first-order chi connectivity index (χ1) is 10.9. The SMILES string of the molecule is CC(=O)N1CCc2cc(C(=O)NCCC(=O)OC(C)C)ccc21. The maximum Gasteiger partial charge on any atom is 0.307 e. The second kappa shape index (κ2) is 7.26. The summed E-state index contributed by atoms with van der Waals surface area (Å²) in [6.45, 7) is 5.99. The molecule has 2 rings (SSSR count). The molecule has 2 amide bonds. The quantitative estimate of drug-likeness (QED) is 0.838. The van der Waals surface area contributed by atoms with Gasteiger partial charge in [-0.25, -0.2) is 0 Å². The first kappa shape index (κ1) is 17.0. The fraction of sp³-hybridized carbons (Fsp3) is 0.471. The largest absolute Gasteiger partial charge is 0.463 e. The Morgan fingerprint density at radius 1 is 1.30 bits per heavy atom. The summed E-state index contributed by atoms with van der Waals surface area (Å²) < 4.78 is 5.00. The normalized spacial score (nSPS) is 13.0. The van der Waals surface area contributed by atoms with Crippen LogP contribution in [0.5, 0.6) is 0 Å². The number of carbonyl (C=O) groups excluding carboxylic acids is 3. The second-order valence-electron chi connectivity index (χ2n) is 5.81. The van der Waals surface area contributed by atoms with Crippen LogP contribution in [0, 0.1) is 0 Å². The minimum atomic E-state index is -0.327. The van der Waals surface area contributed by atoms with Crippen LogP contribution < -0.4 is 10.2 Å². The highest BCUT2D eigenvalue weighted by Gasteiger charge is 2.23. The van der Waals surface area contributed by atoms with Crippen LogP contribution in [0.25, 0.3) is 0 Å². The van der Waals surface area contributed by atoms with Gasteiger partial charge in [0.1, 0.15) is 0 Å². The highest BCUT2D eigenvalue weighted by molar-refractivity contribution is 5.97. The van der Waals surface area contributed by atoms with Gasteiger partial charge in [-0.05, 0) is 44.0 Å². The third-order valence-electron chi connectivity index (χ3n) is 3.60. The van der Waals surface area contributed by atoms with Crippen LogP contribution in [0.1, 0.15) is 43.1 Å². The van der Waals surface area contributed by atoms with E-state index in [9.17, 15) is 14.4 Å². The summed E-state index contributed by atoms with van der Waals surface area (Å²) in [4.78, 5) is 36.8. The molecule has 1 N–H and O–H groups in total. The number of esters is 1. The third kappa shape index (κ3) is 4.31. The monoisotopic (exact) mass is 318 g/mol. The maximum absolute atomic E-state index is 12.1. The Labute approximate surface area is 135 Å². The Balaban J connectivity index is 1.91. The maximum atomic E-state index is 12.1. The molecule has 0 atom stereocenters. The number of hydrogen-bond donors (Lipinski definition) is 1. The van der Waals surface area contributed by atoms with Crippen molar-refractivity contribution in [2.24, 2.45) is 0 Å². The van der Waals surface area contributed by atoms with Crippen molar-refractivity contribution >= 4 is 23.5 Å². The predicted octanol–water partition coefficient (Wildman–Crippen LogP) is 1.67. The lowest BCUT2D eigenvalue weighted by atomic mass is 10.1. The number of carbonyl (C=O) groups is 3. The van der Waals surface area contributed by atoms with E-state index in [1.807, 2.05) is 0 Å². The van der Waals surface area contributed by atoms with E-state index in [0.717, 1.165) is 17.7 Å². The Bertz CT molecular complexity index is 625. The number of nitrogens with one attached hydrogen (secondary N) is 1. The standard InChI is InChI=1S/C17H22N2O4/c1-11(2)23-16(21)6-8-18-17(22)14-4-5-15-13(10-14)7-9-19(15)12(3)20/h4-5,10-11H,6-9H2,1-3H3,(H,18,22). The van der Waals surface area contributed by atoms with Gasteiger partial charge in [-0.1, -0.05) is 0 Å². The molecule has 0 aliphatic carbocycles. The molecule has 0 saturated carbocycles. The van der Waals surface area contributed by atoms with Crippen molar-refractivity contribution < 1.29 is 19.1 Å². The first-order valence-corrected chi connectivity index (χ1v) is 7.77. The Kier molecular flexibility index (Phi) is 5.36. The molecule has 124 valence electrons. The number of nitrogens with zero attached hydrogens (tertiary/aromatic N) is 1. The molecule has 1 aliphatic rings. The highest BCUT2D eigenvalue weighted by atomic mass is 16.5. The third-order valence-corrected chi connectivity index (χ3v) is 3.60. The first-order valence-electron chi connectivity index (χ1n) is 7.77. The van der Waals surface area contributed by atoms with Crippen LogP contribution in [-0.4, -0.2) is 37.0 Å². The Hall–Kier alpha value is -2.37. The summed E-state index contributed by atoms with van der Waals surface area (Å²) >= 11 is 0. The number of ether oxygens (including phenoxy) is 1. The summed E-state index contributed by atoms with van der Waals surface area (Å²) in [5, 5.41) is 2.71. The zero-order valence-electron chi connectivity index (χ0n) is 13.7. The molecule has 1 aromatic rings. The number of anilines is 1. The van der Waals surface area contributed by atoms with Crippen LogP contribution in [0.3, 0.4) is 0 Å². The van der Waals surface area contributed by atoms with Gasteiger partial charge in [0, 0.05) is 31.3 Å². The predicted molar refractivity (Wildman–Crippen MR) is 86.4 cm³/mol. The smallest absolute Gasteiger partial charge is 0.307 e. The van der Waals surface area contributed by atoms with Gasteiger partial charge in [0.25, 0.3) is 5.91 Å². The minimum Gasteiger partial charge on any atom is -0.463 e. The molecule has 0 aromatic heterocycles. The van der Waals surface area contributed by atoms with Gasteiger partial charge >= 0.3 is 5.97 Å². The molecule has 1 heterocycles. The zero-order chi connectivity index (χ0) is 17.0. The van der Waals surface area contributed by atoms with Crippen LogP contribution >= 0.6 is 0 Å². The van der Waals surface area contributed by atoms with E-state index in [-0.39, 0.29) is 36.9 Å². The topological polar surface area (TPSA) is 75.7 Å². The molecule has 0 saturated heterocycles. The summed E-state index contributed by atoms with van der Waals surface area (Å²) in [5.74, 6) is -0.553. The van der Waals surface area contributed by atoms with E-state index in [1.54, 1.807) is 36.9 Å². The number of amides is 2. The zero-order valence-corrected chi connectivity index (χ0v) is 13.7. The fourth-order valence-electron chi connectivity index (χ4n) is 2.57. The van der Waals surface area contributed by atoms with Crippen molar-refractivity contribution in [3.05, 3.63) is 29.3 Å². The second-order valence-corrected chi connectivity index (χ2v) is 5.81. The van der Waals surface area contributed by atoms with Crippen molar-refractivity contribution in [2.75, 3.05) is 18.0 Å². The van der Waals surface area contributed by atoms with Gasteiger partial charge < -0.3 is 15.0 Å². The highest BCUT2D eigenvalue weighted by Crippen LogP contribution is 2.28. The molecule has 0 unspecified atom stereocenters. The summed E-state index contributed by atoms with van der Waals surface area (Å²) in [7, 11) is 0. The number of hydrogen-bond acceptors (Lipinski definition) is 4. The Morgan fingerprint density at radius 3 is 2.70 bits per heavy atom. The molecule has 1 aromatic carbocycles. The molecule has 1 aliphatic heterocycles. The molecule has 0 spiro atoms. The molecule has 0 radical (unpaired) electrons. The van der Waals surface area contributed by atoms with Crippen molar-refractivity contribution in [3.8, 4) is 0 Å². The number of fused-ring (bicyclic) bond motifs is 1. The van der Waals surface area contributed by atoms with E-state index in [4.69, 9.17) is 4.74 Å². The molecule has 6 nitrogen and oxygen atoms in total. The molecular weight excluding hydrogens is 296 g/mol. The van der Waals surface area contributed by atoms with E-state index < -0.39 is 0 Å². The van der Waals surface area contributed by atoms with Gasteiger partial charge in [-0.3, -0.25) is 14.4 Å². The van der Waals surface area contributed by atoms with E-state index in [0.29, 0.717) is 12.1 Å². The fourth-order valence-corrected chi connectivity index (χ4v) is 2.57. The number of rotatable bonds is 5. The van der Waals surface area contributed by atoms with Crippen LogP contribution in [0.15, 0.2) is 18.2 Å². The van der Waals surface area contributed by atoms with Gasteiger partial charge in [-0.15, -0.1) is 0 Å². The van der Waals surface area contributed by atoms with E-state index >= 15 is 0 Å². The van der Waals surface area contributed by atoms with E-state index in [2.05, 4.69) is 5.32 Å². The van der Waals surface area contributed by atoms with Crippen molar-refractivity contribution in [3.63, 3.8) is 0 Å². The molecule has 0 bridgehead atoms. The van der Waals surface area contributed by atoms with Crippen molar-refractivity contribution in [1.82, 2.24) is 5.32 Å². The van der Waals surface area contributed by atoms with E-state index in [1.165, 1.54) is 6.92 Å². The average molecular weight is 318 g/mol. The van der Waals surface area contributed by atoms with Gasteiger partial charge in [0.2, 0.25) is 5.91 Å². The van der Waals surface area contributed by atoms with Gasteiger partial charge in [0.05, 0.1) is 12.5 Å². The number of benzene rings is 1.